The number of carbonyl (C=O) groups is 1. The van der Waals surface area contributed by atoms with Crippen molar-refractivity contribution in [1.82, 2.24) is 9.38 Å². The molecule has 118 valence electrons. The third-order valence-corrected chi connectivity index (χ3v) is 4.33. The van der Waals surface area contributed by atoms with E-state index in [0.29, 0.717) is 12.1 Å². The van der Waals surface area contributed by atoms with Crippen LogP contribution in [0.25, 0.3) is 5.65 Å². The first-order valence-corrected chi connectivity index (χ1v) is 8.34. The zero-order valence-corrected chi connectivity index (χ0v) is 14.9. The van der Waals surface area contributed by atoms with Gasteiger partial charge in [0.2, 0.25) is 0 Å². The van der Waals surface area contributed by atoms with E-state index >= 15 is 0 Å². The number of fused-ring (bicyclic) bond motifs is 1. The van der Waals surface area contributed by atoms with Gasteiger partial charge in [-0.15, -0.1) is 0 Å². The first-order valence-electron chi connectivity index (χ1n) is 7.54. The van der Waals surface area contributed by atoms with Crippen LogP contribution in [0.2, 0.25) is 0 Å². The number of halogens is 1. The Balaban J connectivity index is 2.03. The number of hydrogen-bond donors (Lipinski definition) is 1. The van der Waals surface area contributed by atoms with E-state index in [-0.39, 0.29) is 5.91 Å². The first-order chi connectivity index (χ1) is 11.0. The van der Waals surface area contributed by atoms with Crippen LogP contribution in [-0.4, -0.2) is 15.3 Å². The van der Waals surface area contributed by atoms with Gasteiger partial charge in [-0.25, -0.2) is 4.98 Å². The molecule has 1 N–H and O–H groups in total. The van der Waals surface area contributed by atoms with Gasteiger partial charge in [0.25, 0.3) is 5.91 Å². The van der Waals surface area contributed by atoms with Crippen LogP contribution in [-0.2, 0) is 6.42 Å². The number of rotatable bonds is 3. The Kier molecular flexibility index (Phi) is 4.22. The summed E-state index contributed by atoms with van der Waals surface area (Å²) in [6, 6.07) is 9.77. The zero-order valence-electron chi connectivity index (χ0n) is 13.4. The van der Waals surface area contributed by atoms with Crippen LogP contribution in [0.15, 0.2) is 41.0 Å². The molecule has 0 atom stereocenters. The second kappa shape index (κ2) is 6.16. The highest BCUT2D eigenvalue weighted by Crippen LogP contribution is 2.22. The standard InChI is InChI=1S/C18H18BrN3O/c1-4-14-17(22-8-7-11(2)9-16(22)20-14)18(23)21-15-6-5-13(19)10-12(15)3/h5-10H,4H2,1-3H3,(H,21,23). The summed E-state index contributed by atoms with van der Waals surface area (Å²) in [6.45, 7) is 6.00. The Bertz CT molecular complexity index is 899. The molecule has 1 amide bonds. The Morgan fingerprint density at radius 1 is 1.26 bits per heavy atom. The number of amides is 1. The fraction of sp³-hybridized carbons (Fsp3) is 0.222. The molecule has 0 aliphatic heterocycles. The molecule has 2 aromatic heterocycles. The molecule has 0 aliphatic carbocycles. The number of nitrogens with zero attached hydrogens (tertiary/aromatic N) is 2. The summed E-state index contributed by atoms with van der Waals surface area (Å²) in [5, 5.41) is 3.00. The highest BCUT2D eigenvalue weighted by atomic mass is 79.9. The zero-order chi connectivity index (χ0) is 16.6. The molecule has 23 heavy (non-hydrogen) atoms. The van der Waals surface area contributed by atoms with Gasteiger partial charge in [0, 0.05) is 16.4 Å². The smallest absolute Gasteiger partial charge is 0.274 e. The lowest BCUT2D eigenvalue weighted by Crippen LogP contribution is -2.17. The number of imidazole rings is 1. The monoisotopic (exact) mass is 371 g/mol. The molecule has 3 aromatic rings. The number of anilines is 1. The molecule has 4 nitrogen and oxygen atoms in total. The summed E-state index contributed by atoms with van der Waals surface area (Å²) in [6.07, 6.45) is 2.61. The van der Waals surface area contributed by atoms with E-state index in [1.165, 1.54) is 0 Å². The van der Waals surface area contributed by atoms with E-state index in [1.807, 2.05) is 61.7 Å². The molecule has 0 unspecified atom stereocenters. The van der Waals surface area contributed by atoms with Crippen LogP contribution in [0.3, 0.4) is 0 Å². The number of aromatic nitrogens is 2. The number of nitrogens with one attached hydrogen (secondary N) is 1. The number of pyridine rings is 1. The van der Waals surface area contributed by atoms with Crippen molar-refractivity contribution in [2.45, 2.75) is 27.2 Å². The van der Waals surface area contributed by atoms with Crippen molar-refractivity contribution in [3.05, 3.63) is 63.5 Å². The predicted octanol–water partition coefficient (Wildman–Crippen LogP) is 4.53. The van der Waals surface area contributed by atoms with Crippen molar-refractivity contribution in [2.75, 3.05) is 5.32 Å². The van der Waals surface area contributed by atoms with Crippen LogP contribution >= 0.6 is 15.9 Å². The van der Waals surface area contributed by atoms with Gasteiger partial charge in [0.1, 0.15) is 11.3 Å². The Labute approximate surface area is 143 Å². The van der Waals surface area contributed by atoms with E-state index in [4.69, 9.17) is 0 Å². The number of aryl methyl sites for hydroxylation is 3. The van der Waals surface area contributed by atoms with Gasteiger partial charge in [-0.2, -0.15) is 0 Å². The second-order valence-electron chi connectivity index (χ2n) is 5.61. The van der Waals surface area contributed by atoms with E-state index in [2.05, 4.69) is 26.2 Å². The summed E-state index contributed by atoms with van der Waals surface area (Å²) >= 11 is 3.44. The van der Waals surface area contributed by atoms with Gasteiger partial charge in [0.05, 0.1) is 5.69 Å². The first kappa shape index (κ1) is 15.7. The molecular weight excluding hydrogens is 354 g/mol. The molecule has 1 aromatic carbocycles. The van der Waals surface area contributed by atoms with Crippen molar-refractivity contribution in [1.29, 1.82) is 0 Å². The van der Waals surface area contributed by atoms with E-state index in [0.717, 1.165) is 32.6 Å². The average Bonchev–Trinajstić information content (AvgIpc) is 2.87. The number of hydrogen-bond acceptors (Lipinski definition) is 2. The largest absolute Gasteiger partial charge is 0.320 e. The van der Waals surface area contributed by atoms with E-state index < -0.39 is 0 Å². The fourth-order valence-electron chi connectivity index (χ4n) is 2.63. The minimum absolute atomic E-state index is 0.136. The number of benzene rings is 1. The molecule has 5 heteroatoms. The normalized spacial score (nSPS) is 11.0. The van der Waals surface area contributed by atoms with Crippen LogP contribution in [0.1, 0.15) is 34.2 Å². The molecule has 0 saturated carbocycles. The minimum Gasteiger partial charge on any atom is -0.320 e. The summed E-state index contributed by atoms with van der Waals surface area (Å²) in [5.41, 5.74) is 5.16. The Morgan fingerprint density at radius 2 is 2.04 bits per heavy atom. The van der Waals surface area contributed by atoms with Gasteiger partial charge >= 0.3 is 0 Å². The molecular formula is C18H18BrN3O. The lowest BCUT2D eigenvalue weighted by atomic mass is 10.2. The van der Waals surface area contributed by atoms with Crippen molar-refractivity contribution in [2.24, 2.45) is 0 Å². The molecule has 0 fully saturated rings. The van der Waals surface area contributed by atoms with Gasteiger partial charge in [-0.3, -0.25) is 9.20 Å². The average molecular weight is 372 g/mol. The van der Waals surface area contributed by atoms with Crippen LogP contribution in [0.4, 0.5) is 5.69 Å². The SMILES string of the molecule is CCc1nc2cc(C)ccn2c1C(=O)Nc1ccc(Br)cc1C. The van der Waals surface area contributed by atoms with Crippen LogP contribution < -0.4 is 5.32 Å². The maximum Gasteiger partial charge on any atom is 0.274 e. The van der Waals surface area contributed by atoms with Crippen LogP contribution in [0.5, 0.6) is 0 Å². The number of carbonyl (C=O) groups excluding carboxylic acids is 1. The maximum atomic E-state index is 12.8. The molecule has 0 radical (unpaired) electrons. The molecule has 3 rings (SSSR count). The third kappa shape index (κ3) is 3.01. The van der Waals surface area contributed by atoms with E-state index in [9.17, 15) is 4.79 Å². The third-order valence-electron chi connectivity index (χ3n) is 3.84. The van der Waals surface area contributed by atoms with E-state index in [1.54, 1.807) is 0 Å². The van der Waals surface area contributed by atoms with Gasteiger partial charge < -0.3 is 5.32 Å². The quantitative estimate of drug-likeness (QED) is 0.734. The van der Waals surface area contributed by atoms with Gasteiger partial charge in [0.15, 0.2) is 0 Å². The van der Waals surface area contributed by atoms with Crippen molar-refractivity contribution in [3.8, 4) is 0 Å². The lowest BCUT2D eigenvalue weighted by Gasteiger charge is -2.09. The molecule has 2 heterocycles. The predicted molar refractivity (Wildman–Crippen MR) is 96.1 cm³/mol. The van der Waals surface area contributed by atoms with Crippen molar-refractivity contribution < 1.29 is 4.79 Å². The fourth-order valence-corrected chi connectivity index (χ4v) is 3.11. The second-order valence-corrected chi connectivity index (χ2v) is 6.52. The molecule has 0 spiro atoms. The summed E-state index contributed by atoms with van der Waals surface area (Å²) in [4.78, 5) is 17.4. The summed E-state index contributed by atoms with van der Waals surface area (Å²) in [5.74, 6) is -0.136. The topological polar surface area (TPSA) is 46.4 Å². The summed E-state index contributed by atoms with van der Waals surface area (Å²) < 4.78 is 2.85. The van der Waals surface area contributed by atoms with Gasteiger partial charge in [-0.1, -0.05) is 22.9 Å². The Morgan fingerprint density at radius 3 is 2.74 bits per heavy atom. The molecule has 0 aliphatic rings. The molecule has 0 bridgehead atoms. The van der Waals surface area contributed by atoms with Gasteiger partial charge in [-0.05, 0) is 61.7 Å². The van der Waals surface area contributed by atoms with Crippen molar-refractivity contribution >= 4 is 33.2 Å². The summed E-state index contributed by atoms with van der Waals surface area (Å²) in [7, 11) is 0. The highest BCUT2D eigenvalue weighted by Gasteiger charge is 2.18. The van der Waals surface area contributed by atoms with Crippen molar-refractivity contribution in [3.63, 3.8) is 0 Å². The Hall–Kier alpha value is -2.14. The maximum absolute atomic E-state index is 12.8. The minimum atomic E-state index is -0.136. The van der Waals surface area contributed by atoms with Crippen LogP contribution in [0, 0.1) is 13.8 Å². The molecule has 0 saturated heterocycles. The lowest BCUT2D eigenvalue weighted by molar-refractivity contribution is 0.102. The highest BCUT2D eigenvalue weighted by molar-refractivity contribution is 9.10.